The predicted molar refractivity (Wildman–Crippen MR) is 103 cm³/mol. The van der Waals surface area contributed by atoms with E-state index < -0.39 is 0 Å². The van der Waals surface area contributed by atoms with Crippen LogP contribution in [0.15, 0.2) is 23.0 Å². The Kier molecular flexibility index (Phi) is 5.05. The summed E-state index contributed by atoms with van der Waals surface area (Å²) in [4.78, 5) is 25.6. The van der Waals surface area contributed by atoms with Crippen molar-refractivity contribution in [1.29, 1.82) is 0 Å². The standard InChI is InChI=1S/C18H24N4OS2/c1-14(17(23)22-8-3-16-15(13-22)4-11-24-16)20-6-2-7-21(10-9-20)18-19-5-12-25-18/h4-5,11-12,14H,2-3,6-10,13H2,1H3/t14-/m1/s1. The Morgan fingerprint density at radius 2 is 2.08 bits per heavy atom. The van der Waals surface area contributed by atoms with E-state index in [9.17, 15) is 4.79 Å². The van der Waals surface area contributed by atoms with Crippen LogP contribution in [0.1, 0.15) is 23.8 Å². The second-order valence-corrected chi connectivity index (χ2v) is 8.62. The molecule has 4 rings (SSSR count). The van der Waals surface area contributed by atoms with Crippen LogP contribution >= 0.6 is 22.7 Å². The highest BCUT2D eigenvalue weighted by molar-refractivity contribution is 7.13. The lowest BCUT2D eigenvalue weighted by Gasteiger charge is -2.34. The number of thiazole rings is 1. The lowest BCUT2D eigenvalue weighted by Crippen LogP contribution is -2.49. The topological polar surface area (TPSA) is 39.7 Å². The zero-order valence-electron chi connectivity index (χ0n) is 14.6. The van der Waals surface area contributed by atoms with E-state index in [2.05, 4.69) is 33.2 Å². The van der Waals surface area contributed by atoms with E-state index in [1.807, 2.05) is 27.8 Å². The van der Waals surface area contributed by atoms with Gasteiger partial charge >= 0.3 is 0 Å². The molecular formula is C18H24N4OS2. The second kappa shape index (κ2) is 7.43. The van der Waals surface area contributed by atoms with E-state index in [4.69, 9.17) is 0 Å². The van der Waals surface area contributed by atoms with Gasteiger partial charge < -0.3 is 9.80 Å². The second-order valence-electron chi connectivity index (χ2n) is 6.75. The number of rotatable bonds is 3. The van der Waals surface area contributed by atoms with Gasteiger partial charge in [0.1, 0.15) is 0 Å². The lowest BCUT2D eigenvalue weighted by atomic mass is 10.1. The molecule has 0 aromatic carbocycles. The molecule has 2 aliphatic rings. The SMILES string of the molecule is C[C@H](C(=O)N1CCc2sccc2C1)N1CCCN(c2nccs2)CC1. The number of carbonyl (C=O) groups is 1. The Hall–Kier alpha value is -1.44. The molecule has 2 aromatic rings. The summed E-state index contributed by atoms with van der Waals surface area (Å²) in [7, 11) is 0. The molecule has 5 nitrogen and oxygen atoms in total. The van der Waals surface area contributed by atoms with Crippen molar-refractivity contribution in [3.05, 3.63) is 33.5 Å². The summed E-state index contributed by atoms with van der Waals surface area (Å²) >= 11 is 3.51. The van der Waals surface area contributed by atoms with E-state index >= 15 is 0 Å². The minimum absolute atomic E-state index is 0.0450. The predicted octanol–water partition coefficient (Wildman–Crippen LogP) is 2.69. The third-order valence-corrected chi connectivity index (χ3v) is 7.10. The van der Waals surface area contributed by atoms with Crippen LogP contribution in [-0.2, 0) is 17.8 Å². The molecule has 7 heteroatoms. The molecule has 1 atom stereocenters. The zero-order valence-corrected chi connectivity index (χ0v) is 16.2. The van der Waals surface area contributed by atoms with Crippen LogP contribution < -0.4 is 4.90 Å². The first-order valence-electron chi connectivity index (χ1n) is 8.95. The molecule has 0 radical (unpaired) electrons. The Morgan fingerprint density at radius 3 is 2.92 bits per heavy atom. The van der Waals surface area contributed by atoms with Crippen LogP contribution in [0.4, 0.5) is 5.13 Å². The summed E-state index contributed by atoms with van der Waals surface area (Å²) in [6.07, 6.45) is 3.94. The van der Waals surface area contributed by atoms with Crippen LogP contribution in [0.3, 0.4) is 0 Å². The molecule has 25 heavy (non-hydrogen) atoms. The molecule has 0 aliphatic carbocycles. The molecule has 0 unspecified atom stereocenters. The fourth-order valence-electron chi connectivity index (χ4n) is 3.75. The van der Waals surface area contributed by atoms with Crippen LogP contribution in [-0.4, -0.2) is 59.5 Å². The normalized spacial score (nSPS) is 20.2. The van der Waals surface area contributed by atoms with Gasteiger partial charge in [-0.15, -0.1) is 22.7 Å². The summed E-state index contributed by atoms with van der Waals surface area (Å²) in [5.41, 5.74) is 1.34. The zero-order chi connectivity index (χ0) is 17.2. The molecule has 0 spiro atoms. The average Bonchev–Trinajstić information content (AvgIpc) is 3.27. The summed E-state index contributed by atoms with van der Waals surface area (Å²) in [5, 5.41) is 5.27. The van der Waals surface area contributed by atoms with Crippen molar-refractivity contribution < 1.29 is 4.79 Å². The molecule has 1 fully saturated rings. The van der Waals surface area contributed by atoms with E-state index in [0.717, 1.165) is 57.2 Å². The van der Waals surface area contributed by atoms with Crippen LogP contribution in [0.2, 0.25) is 0 Å². The molecule has 1 saturated heterocycles. The van der Waals surface area contributed by atoms with E-state index in [1.165, 1.54) is 10.4 Å². The number of anilines is 1. The number of carbonyl (C=O) groups excluding carboxylic acids is 1. The first kappa shape index (κ1) is 17.0. The van der Waals surface area contributed by atoms with Crippen LogP contribution in [0, 0.1) is 0 Å². The molecule has 2 aliphatic heterocycles. The van der Waals surface area contributed by atoms with Gasteiger partial charge in [0.25, 0.3) is 0 Å². The molecule has 134 valence electrons. The van der Waals surface area contributed by atoms with E-state index in [0.29, 0.717) is 0 Å². The third kappa shape index (κ3) is 3.59. The van der Waals surface area contributed by atoms with Crippen molar-refractivity contribution in [2.75, 3.05) is 37.6 Å². The molecule has 0 N–H and O–H groups in total. The van der Waals surface area contributed by atoms with Gasteiger partial charge in [0, 0.05) is 55.7 Å². The molecule has 4 heterocycles. The lowest BCUT2D eigenvalue weighted by molar-refractivity contribution is -0.137. The fourth-order valence-corrected chi connectivity index (χ4v) is 5.33. The number of aromatic nitrogens is 1. The fraction of sp³-hybridized carbons (Fsp3) is 0.556. The largest absolute Gasteiger partial charge is 0.347 e. The van der Waals surface area contributed by atoms with Crippen molar-refractivity contribution in [1.82, 2.24) is 14.8 Å². The van der Waals surface area contributed by atoms with Gasteiger partial charge in [0.15, 0.2) is 5.13 Å². The maximum Gasteiger partial charge on any atom is 0.239 e. The van der Waals surface area contributed by atoms with Gasteiger partial charge in [-0.05, 0) is 36.8 Å². The van der Waals surface area contributed by atoms with Crippen molar-refractivity contribution in [2.45, 2.75) is 32.4 Å². The van der Waals surface area contributed by atoms with Gasteiger partial charge in [0.2, 0.25) is 5.91 Å². The number of hydrogen-bond donors (Lipinski definition) is 0. The number of amides is 1. The molecule has 0 bridgehead atoms. The third-order valence-electron chi connectivity index (χ3n) is 5.24. The highest BCUT2D eigenvalue weighted by Crippen LogP contribution is 2.25. The Balaban J connectivity index is 1.37. The van der Waals surface area contributed by atoms with Crippen molar-refractivity contribution in [3.63, 3.8) is 0 Å². The summed E-state index contributed by atoms with van der Waals surface area (Å²) < 4.78 is 0. The molecular weight excluding hydrogens is 352 g/mol. The number of hydrogen-bond acceptors (Lipinski definition) is 6. The Bertz CT molecular complexity index is 714. The average molecular weight is 377 g/mol. The monoisotopic (exact) mass is 376 g/mol. The number of thiophene rings is 1. The maximum absolute atomic E-state index is 13.0. The summed E-state index contributed by atoms with van der Waals surface area (Å²) in [6.45, 7) is 7.57. The Labute approximate surface area is 156 Å². The van der Waals surface area contributed by atoms with Crippen LogP contribution in [0.25, 0.3) is 0 Å². The van der Waals surface area contributed by atoms with Gasteiger partial charge in [-0.2, -0.15) is 0 Å². The van der Waals surface area contributed by atoms with Crippen molar-refractivity contribution in [3.8, 4) is 0 Å². The van der Waals surface area contributed by atoms with Crippen LogP contribution in [0.5, 0.6) is 0 Å². The molecule has 0 saturated carbocycles. The minimum atomic E-state index is -0.0450. The molecule has 1 amide bonds. The molecule has 2 aromatic heterocycles. The first-order valence-corrected chi connectivity index (χ1v) is 10.7. The van der Waals surface area contributed by atoms with Crippen molar-refractivity contribution in [2.24, 2.45) is 0 Å². The quantitative estimate of drug-likeness (QED) is 0.826. The highest BCUT2D eigenvalue weighted by atomic mass is 32.1. The maximum atomic E-state index is 13.0. The van der Waals surface area contributed by atoms with Gasteiger partial charge in [-0.3, -0.25) is 9.69 Å². The smallest absolute Gasteiger partial charge is 0.239 e. The van der Waals surface area contributed by atoms with Gasteiger partial charge in [0.05, 0.1) is 6.04 Å². The van der Waals surface area contributed by atoms with E-state index in [1.54, 1.807) is 11.3 Å². The van der Waals surface area contributed by atoms with Gasteiger partial charge in [-0.1, -0.05) is 0 Å². The summed E-state index contributed by atoms with van der Waals surface area (Å²) in [5.74, 6) is 0.277. The Morgan fingerprint density at radius 1 is 1.16 bits per heavy atom. The first-order chi connectivity index (χ1) is 12.2. The summed E-state index contributed by atoms with van der Waals surface area (Å²) in [6, 6.07) is 2.12. The van der Waals surface area contributed by atoms with Gasteiger partial charge in [-0.25, -0.2) is 4.98 Å². The minimum Gasteiger partial charge on any atom is -0.347 e. The van der Waals surface area contributed by atoms with E-state index in [-0.39, 0.29) is 11.9 Å². The number of nitrogens with zero attached hydrogens (tertiary/aromatic N) is 4. The number of fused-ring (bicyclic) bond motifs is 1. The highest BCUT2D eigenvalue weighted by Gasteiger charge is 2.30. The van der Waals surface area contributed by atoms with Crippen molar-refractivity contribution >= 4 is 33.7 Å².